The van der Waals surface area contributed by atoms with Gasteiger partial charge in [-0.1, -0.05) is 0 Å². The summed E-state index contributed by atoms with van der Waals surface area (Å²) in [6.45, 7) is 1.95. The summed E-state index contributed by atoms with van der Waals surface area (Å²) in [7, 11) is 0. The van der Waals surface area contributed by atoms with Gasteiger partial charge >= 0.3 is 126 Å². The van der Waals surface area contributed by atoms with Crippen LogP contribution >= 0.6 is 0 Å². The summed E-state index contributed by atoms with van der Waals surface area (Å²) >= 11 is -2.11. The van der Waals surface area contributed by atoms with E-state index in [9.17, 15) is 0 Å². The Hall–Kier alpha value is -0.331. The van der Waals surface area contributed by atoms with Crippen LogP contribution in [0.4, 0.5) is 0 Å². The number of hydrogen-bond donors (Lipinski definition) is 0. The molecule has 1 aliphatic heterocycles. The van der Waals surface area contributed by atoms with Crippen molar-refractivity contribution in [2.24, 2.45) is 0 Å². The van der Waals surface area contributed by atoms with Crippen molar-refractivity contribution in [3.05, 3.63) is 18.3 Å². The van der Waals surface area contributed by atoms with Gasteiger partial charge in [0, 0.05) is 0 Å². The molecule has 0 saturated carbocycles. The quantitative estimate of drug-likeness (QED) is 0.557. The Kier molecular flexibility index (Phi) is 6.11. The number of hydrogen-bond acceptors (Lipinski definition) is 4. The van der Waals surface area contributed by atoms with E-state index >= 15 is 0 Å². The minimum atomic E-state index is -2.11. The van der Waals surface area contributed by atoms with E-state index < -0.39 is 18.4 Å². The molecule has 1 atom stereocenters. The fraction of sp³-hybridized carbons (Fsp3) is 0.667. The zero-order valence-corrected chi connectivity index (χ0v) is 15.6. The van der Waals surface area contributed by atoms with Gasteiger partial charge in [-0.25, -0.2) is 0 Å². The molecule has 0 radical (unpaired) electrons. The predicted octanol–water partition coefficient (Wildman–Crippen LogP) is 2.55. The van der Waals surface area contributed by atoms with E-state index in [4.69, 9.17) is 14.2 Å². The van der Waals surface area contributed by atoms with Gasteiger partial charge in [-0.3, -0.25) is 0 Å². The van der Waals surface area contributed by atoms with Gasteiger partial charge in [-0.15, -0.1) is 0 Å². The average Bonchev–Trinajstić information content (AvgIpc) is 2.44. The number of pyridine rings is 1. The molecule has 0 aromatic carbocycles. The van der Waals surface area contributed by atoms with E-state index in [0.717, 1.165) is 25.2 Å². The van der Waals surface area contributed by atoms with Gasteiger partial charge in [0.2, 0.25) is 0 Å². The van der Waals surface area contributed by atoms with Crippen molar-refractivity contribution in [1.82, 2.24) is 4.98 Å². The molecule has 0 aliphatic carbocycles. The first kappa shape index (κ1) is 16.0. The SMILES string of the molecule is [CH3][Sn]([CH3])([CH3])[c]1cc(OCCOC2CCCCO2)ccn1. The summed E-state index contributed by atoms with van der Waals surface area (Å²) in [5.41, 5.74) is 0. The van der Waals surface area contributed by atoms with Gasteiger partial charge in [0.05, 0.1) is 0 Å². The van der Waals surface area contributed by atoms with Crippen molar-refractivity contribution in [3.63, 3.8) is 0 Å². The normalized spacial score (nSPS) is 19.9. The van der Waals surface area contributed by atoms with Crippen LogP contribution in [0.3, 0.4) is 0 Å². The third-order valence-corrected chi connectivity index (χ3v) is 8.46. The molecule has 1 aromatic rings. The van der Waals surface area contributed by atoms with Gasteiger partial charge in [0.15, 0.2) is 0 Å². The summed E-state index contributed by atoms with van der Waals surface area (Å²) in [6, 6.07) is 4.01. The predicted molar refractivity (Wildman–Crippen MR) is 82.3 cm³/mol. The third-order valence-electron chi connectivity index (χ3n) is 3.29. The molecule has 4 nitrogen and oxygen atoms in total. The molecular weight excluding hydrogens is 361 g/mol. The maximum absolute atomic E-state index is 5.75. The van der Waals surface area contributed by atoms with E-state index in [1.54, 1.807) is 0 Å². The number of nitrogens with zero attached hydrogens (tertiary/aromatic N) is 1. The standard InChI is InChI=1S/C12H16NO3.3CH3.Sn/c1-2-8-15-12(3-1)16-10-9-14-11-4-6-13-7-5-11;;;;/h4-6,12H,1-3,8-10H2;3*1H3;. The fourth-order valence-corrected chi connectivity index (χ4v) is 5.05. The molecule has 1 aliphatic rings. The first-order chi connectivity index (χ1) is 9.55. The van der Waals surface area contributed by atoms with Crippen LogP contribution in [0.15, 0.2) is 18.3 Å². The molecule has 0 spiro atoms. The molecule has 1 fully saturated rings. The second-order valence-electron chi connectivity index (χ2n) is 6.14. The van der Waals surface area contributed by atoms with Gasteiger partial charge < -0.3 is 0 Å². The Morgan fingerprint density at radius 3 is 2.85 bits per heavy atom. The molecule has 0 N–H and O–H groups in total. The van der Waals surface area contributed by atoms with Crippen LogP contribution in [0.1, 0.15) is 19.3 Å². The molecule has 1 aromatic heterocycles. The third kappa shape index (κ3) is 5.22. The Balaban J connectivity index is 1.73. The van der Waals surface area contributed by atoms with E-state index in [-0.39, 0.29) is 6.29 Å². The number of aromatic nitrogens is 1. The molecule has 2 heterocycles. The number of ether oxygens (including phenoxy) is 3. The second kappa shape index (κ2) is 7.61. The summed E-state index contributed by atoms with van der Waals surface area (Å²) in [6.07, 6.45) is 5.15. The van der Waals surface area contributed by atoms with Crippen LogP contribution in [0, 0.1) is 0 Å². The molecule has 20 heavy (non-hydrogen) atoms. The van der Waals surface area contributed by atoms with Crippen LogP contribution in [0.25, 0.3) is 0 Å². The van der Waals surface area contributed by atoms with Gasteiger partial charge in [0.1, 0.15) is 0 Å². The van der Waals surface area contributed by atoms with Crippen molar-refractivity contribution in [3.8, 4) is 5.75 Å². The zero-order valence-electron chi connectivity index (χ0n) is 12.7. The monoisotopic (exact) mass is 387 g/mol. The van der Waals surface area contributed by atoms with Crippen molar-refractivity contribution < 1.29 is 14.2 Å². The van der Waals surface area contributed by atoms with Crippen LogP contribution in [-0.2, 0) is 9.47 Å². The zero-order chi connectivity index (χ0) is 14.4. The van der Waals surface area contributed by atoms with Gasteiger partial charge in [0.25, 0.3) is 0 Å². The molecule has 1 unspecified atom stereocenters. The summed E-state index contributed by atoms with van der Waals surface area (Å²) in [5.74, 6) is 0.898. The molecular formula is C15H25NO3Sn. The molecule has 0 amide bonds. The summed E-state index contributed by atoms with van der Waals surface area (Å²) in [4.78, 5) is 11.5. The van der Waals surface area contributed by atoms with Crippen LogP contribution in [-0.4, -0.2) is 49.5 Å². The van der Waals surface area contributed by atoms with Crippen LogP contribution in [0.5, 0.6) is 5.75 Å². The fourth-order valence-electron chi connectivity index (χ4n) is 2.09. The Labute approximate surface area is 125 Å². The first-order valence-electron chi connectivity index (χ1n) is 7.38. The Bertz CT molecular complexity index is 414. The van der Waals surface area contributed by atoms with Gasteiger partial charge in [-0.2, -0.15) is 0 Å². The maximum atomic E-state index is 5.75. The molecule has 1 saturated heterocycles. The first-order valence-corrected chi connectivity index (χ1v) is 17.4. The van der Waals surface area contributed by atoms with E-state index in [2.05, 4.69) is 25.9 Å². The van der Waals surface area contributed by atoms with Crippen LogP contribution in [0.2, 0.25) is 14.8 Å². The van der Waals surface area contributed by atoms with Crippen molar-refractivity contribution in [1.29, 1.82) is 0 Å². The molecule has 0 bridgehead atoms. The second-order valence-corrected chi connectivity index (χ2v) is 20.4. The Morgan fingerprint density at radius 2 is 2.15 bits per heavy atom. The van der Waals surface area contributed by atoms with Crippen LogP contribution < -0.4 is 8.45 Å². The van der Waals surface area contributed by atoms with E-state index in [1.165, 1.54) is 10.1 Å². The van der Waals surface area contributed by atoms with Gasteiger partial charge in [-0.05, 0) is 0 Å². The van der Waals surface area contributed by atoms with E-state index in [1.807, 2.05) is 12.3 Å². The minimum absolute atomic E-state index is 0.0360. The molecule has 2 rings (SSSR count). The Morgan fingerprint density at radius 1 is 1.30 bits per heavy atom. The molecule has 112 valence electrons. The van der Waals surface area contributed by atoms with Crippen molar-refractivity contribution in [2.75, 3.05) is 19.8 Å². The van der Waals surface area contributed by atoms with Crippen molar-refractivity contribution >= 4 is 22.1 Å². The van der Waals surface area contributed by atoms with Crippen molar-refractivity contribution in [2.45, 2.75) is 40.4 Å². The summed E-state index contributed by atoms with van der Waals surface area (Å²) in [5, 5.41) is 0. The average molecular weight is 386 g/mol. The molecule has 5 heteroatoms. The number of rotatable bonds is 6. The summed E-state index contributed by atoms with van der Waals surface area (Å²) < 4.78 is 18.2. The van der Waals surface area contributed by atoms with E-state index in [0.29, 0.717) is 13.2 Å². The topological polar surface area (TPSA) is 40.6 Å².